The molecule has 0 bridgehead atoms. The smallest absolute Gasteiger partial charge is 0.251 e. The molecule has 1 heterocycles. The van der Waals surface area contributed by atoms with Gasteiger partial charge in [0, 0.05) is 17.1 Å². The number of aromatic nitrogens is 2. The van der Waals surface area contributed by atoms with Crippen molar-refractivity contribution in [2.24, 2.45) is 0 Å². The lowest BCUT2D eigenvalue weighted by Crippen LogP contribution is -2.23. The fourth-order valence-electron chi connectivity index (χ4n) is 1.45. The van der Waals surface area contributed by atoms with Crippen molar-refractivity contribution in [3.05, 3.63) is 59.4 Å². The molecule has 0 saturated heterocycles. The second-order valence-corrected chi connectivity index (χ2v) is 4.29. The number of amides is 1. The van der Waals surface area contributed by atoms with Crippen molar-refractivity contribution >= 4 is 21.8 Å². The summed E-state index contributed by atoms with van der Waals surface area (Å²) in [5, 5.41) is 11.2. The van der Waals surface area contributed by atoms with Crippen LogP contribution >= 0.6 is 15.9 Å². The largest absolute Gasteiger partial charge is 0.346 e. The normalized spacial score (nSPS) is 10.1. The van der Waals surface area contributed by atoms with Gasteiger partial charge in [-0.1, -0.05) is 28.1 Å². The predicted molar refractivity (Wildman–Crippen MR) is 72.3 cm³/mol. The highest BCUT2D eigenvalue weighted by atomic mass is 79.9. The van der Waals surface area contributed by atoms with E-state index in [-0.39, 0.29) is 5.91 Å². The molecule has 1 aromatic carbocycles. The number of hydrogen-bond acceptors (Lipinski definition) is 3. The zero-order valence-electron chi connectivity index (χ0n) is 9.64. The number of nitrogens with one attached hydrogen (secondary N) is 1. The van der Waals surface area contributed by atoms with Crippen molar-refractivity contribution in [2.75, 3.05) is 0 Å². The van der Waals surface area contributed by atoms with E-state index in [0.717, 1.165) is 16.6 Å². The van der Waals surface area contributed by atoms with Crippen molar-refractivity contribution in [2.45, 2.75) is 11.9 Å². The molecule has 1 amide bonds. The summed E-state index contributed by atoms with van der Waals surface area (Å²) in [5.74, 6) is -0.109. The van der Waals surface area contributed by atoms with Crippen LogP contribution in [-0.4, -0.2) is 16.1 Å². The Kier molecular flexibility index (Phi) is 4.41. The Balaban J connectivity index is 1.95. The van der Waals surface area contributed by atoms with Crippen molar-refractivity contribution < 1.29 is 4.79 Å². The summed E-state index contributed by atoms with van der Waals surface area (Å²) in [7, 11) is 0. The van der Waals surface area contributed by atoms with Gasteiger partial charge in [0.2, 0.25) is 0 Å². The lowest BCUT2D eigenvalue weighted by molar-refractivity contribution is 0.0950. The van der Waals surface area contributed by atoms with E-state index >= 15 is 0 Å². The summed E-state index contributed by atoms with van der Waals surface area (Å²) < 4.78 is 0. The summed E-state index contributed by atoms with van der Waals surface area (Å²) in [6.07, 6.45) is 1.60. The van der Waals surface area contributed by atoms with Crippen molar-refractivity contribution in [3.8, 4) is 0 Å². The molecule has 0 aliphatic heterocycles. The average Bonchev–Trinajstić information content (AvgIpc) is 2.46. The second kappa shape index (κ2) is 6.26. The third-order valence-electron chi connectivity index (χ3n) is 2.43. The molecule has 0 aliphatic rings. The average molecular weight is 306 g/mol. The van der Waals surface area contributed by atoms with E-state index in [1.54, 1.807) is 12.3 Å². The lowest BCUT2D eigenvalue weighted by atomic mass is 10.1. The number of nitrogens with zero attached hydrogens (tertiary/aromatic N) is 2. The maximum absolute atomic E-state index is 11.8. The molecule has 1 N–H and O–H groups in total. The standard InChI is InChI=1S/C13H12BrN3O/c14-8-10-3-5-11(6-4-10)13(18)15-9-12-2-1-7-16-17-12/h1-7H,8-9H2,(H,15,18). The van der Waals surface area contributed by atoms with Crippen molar-refractivity contribution in [3.63, 3.8) is 0 Å². The molecule has 0 aliphatic carbocycles. The number of benzene rings is 1. The number of carbonyl (C=O) groups is 1. The molecule has 5 heteroatoms. The first-order chi connectivity index (χ1) is 8.79. The van der Waals surface area contributed by atoms with Gasteiger partial charge < -0.3 is 5.32 Å². The number of rotatable bonds is 4. The van der Waals surface area contributed by atoms with Gasteiger partial charge in [-0.25, -0.2) is 0 Å². The highest BCUT2D eigenvalue weighted by molar-refractivity contribution is 9.08. The first-order valence-electron chi connectivity index (χ1n) is 5.49. The molecule has 1 aromatic heterocycles. The first-order valence-corrected chi connectivity index (χ1v) is 6.61. The van der Waals surface area contributed by atoms with Gasteiger partial charge in [-0.2, -0.15) is 10.2 Å². The van der Waals surface area contributed by atoms with Crippen LogP contribution in [0.4, 0.5) is 0 Å². The SMILES string of the molecule is O=C(NCc1cccnn1)c1ccc(CBr)cc1. The molecule has 0 fully saturated rings. The first kappa shape index (κ1) is 12.7. The minimum atomic E-state index is -0.109. The van der Waals surface area contributed by atoms with E-state index in [4.69, 9.17) is 0 Å². The van der Waals surface area contributed by atoms with Crippen LogP contribution in [0.5, 0.6) is 0 Å². The van der Waals surface area contributed by atoms with Gasteiger partial charge in [0.05, 0.1) is 12.2 Å². The molecule has 0 spiro atoms. The molecule has 0 saturated carbocycles. The minimum Gasteiger partial charge on any atom is -0.346 e. The Morgan fingerprint density at radius 1 is 1.22 bits per heavy atom. The van der Waals surface area contributed by atoms with Crippen LogP contribution in [0.15, 0.2) is 42.6 Å². The Bertz CT molecular complexity index is 514. The monoisotopic (exact) mass is 305 g/mol. The van der Waals surface area contributed by atoms with Gasteiger partial charge in [0.15, 0.2) is 0 Å². The minimum absolute atomic E-state index is 0.109. The summed E-state index contributed by atoms with van der Waals surface area (Å²) in [6, 6.07) is 11.1. The predicted octanol–water partition coefficient (Wildman–Crippen LogP) is 2.30. The van der Waals surface area contributed by atoms with Crippen molar-refractivity contribution in [1.82, 2.24) is 15.5 Å². The lowest BCUT2D eigenvalue weighted by Gasteiger charge is -2.04. The van der Waals surface area contributed by atoms with E-state index in [1.807, 2.05) is 30.3 Å². The van der Waals surface area contributed by atoms with Crippen LogP contribution < -0.4 is 5.32 Å². The molecule has 0 radical (unpaired) electrons. The quantitative estimate of drug-likeness (QED) is 0.882. The van der Waals surface area contributed by atoms with Crippen LogP contribution in [-0.2, 0) is 11.9 Å². The van der Waals surface area contributed by atoms with E-state index in [9.17, 15) is 4.79 Å². The summed E-state index contributed by atoms with van der Waals surface area (Å²) in [5.41, 5.74) is 2.52. The Hall–Kier alpha value is -1.75. The third kappa shape index (κ3) is 3.37. The molecule has 92 valence electrons. The molecule has 2 rings (SSSR count). The Morgan fingerprint density at radius 2 is 2.00 bits per heavy atom. The molecule has 18 heavy (non-hydrogen) atoms. The highest BCUT2D eigenvalue weighted by Crippen LogP contribution is 2.07. The fourth-order valence-corrected chi connectivity index (χ4v) is 1.82. The van der Waals surface area contributed by atoms with Crippen LogP contribution in [0.1, 0.15) is 21.6 Å². The van der Waals surface area contributed by atoms with Gasteiger partial charge in [0.1, 0.15) is 0 Å². The molecule has 0 atom stereocenters. The van der Waals surface area contributed by atoms with Crippen LogP contribution in [0, 0.1) is 0 Å². The highest BCUT2D eigenvalue weighted by Gasteiger charge is 2.05. The van der Waals surface area contributed by atoms with Gasteiger partial charge in [-0.15, -0.1) is 0 Å². The molecule has 0 unspecified atom stereocenters. The summed E-state index contributed by atoms with van der Waals surface area (Å²) in [6.45, 7) is 0.382. The topological polar surface area (TPSA) is 54.9 Å². The molecular weight excluding hydrogens is 294 g/mol. The van der Waals surface area contributed by atoms with Gasteiger partial charge in [0.25, 0.3) is 5.91 Å². The van der Waals surface area contributed by atoms with Crippen LogP contribution in [0.25, 0.3) is 0 Å². The van der Waals surface area contributed by atoms with E-state index < -0.39 is 0 Å². The Labute approximate surface area is 114 Å². The molecular formula is C13H12BrN3O. The number of halogens is 1. The van der Waals surface area contributed by atoms with Crippen LogP contribution in [0.3, 0.4) is 0 Å². The third-order valence-corrected chi connectivity index (χ3v) is 3.08. The zero-order valence-corrected chi connectivity index (χ0v) is 11.2. The van der Waals surface area contributed by atoms with E-state index in [0.29, 0.717) is 12.1 Å². The number of carbonyl (C=O) groups excluding carboxylic acids is 1. The maximum atomic E-state index is 11.8. The summed E-state index contributed by atoms with van der Waals surface area (Å²) >= 11 is 3.36. The van der Waals surface area contributed by atoms with Crippen molar-refractivity contribution in [1.29, 1.82) is 0 Å². The van der Waals surface area contributed by atoms with Gasteiger partial charge in [-0.05, 0) is 29.8 Å². The second-order valence-electron chi connectivity index (χ2n) is 3.73. The number of alkyl halides is 1. The molecule has 2 aromatic rings. The molecule has 4 nitrogen and oxygen atoms in total. The Morgan fingerprint density at radius 3 is 2.61 bits per heavy atom. The summed E-state index contributed by atoms with van der Waals surface area (Å²) in [4.78, 5) is 11.8. The van der Waals surface area contributed by atoms with Gasteiger partial charge >= 0.3 is 0 Å². The fraction of sp³-hybridized carbons (Fsp3) is 0.154. The van der Waals surface area contributed by atoms with Gasteiger partial charge in [-0.3, -0.25) is 4.79 Å². The number of hydrogen-bond donors (Lipinski definition) is 1. The van der Waals surface area contributed by atoms with E-state index in [2.05, 4.69) is 31.4 Å². The van der Waals surface area contributed by atoms with E-state index in [1.165, 1.54) is 0 Å². The zero-order chi connectivity index (χ0) is 12.8. The van der Waals surface area contributed by atoms with Crippen LogP contribution in [0.2, 0.25) is 0 Å². The maximum Gasteiger partial charge on any atom is 0.251 e.